The summed E-state index contributed by atoms with van der Waals surface area (Å²) in [4.78, 5) is 23.3. The van der Waals surface area contributed by atoms with Gasteiger partial charge in [-0.25, -0.2) is 9.97 Å². The van der Waals surface area contributed by atoms with Crippen LogP contribution in [-0.4, -0.2) is 48.2 Å². The number of aryl methyl sites for hydroxylation is 1. The highest BCUT2D eigenvalue weighted by Crippen LogP contribution is 2.25. The Hall–Kier alpha value is -2.38. The summed E-state index contributed by atoms with van der Waals surface area (Å²) < 4.78 is 5.94. The molecule has 0 bridgehead atoms. The number of rotatable bonds is 10. The summed E-state index contributed by atoms with van der Waals surface area (Å²) in [6, 6.07) is 5.71. The van der Waals surface area contributed by atoms with Gasteiger partial charge in [-0.3, -0.25) is 4.79 Å². The van der Waals surface area contributed by atoms with E-state index in [4.69, 9.17) is 22.1 Å². The molecule has 1 fully saturated rings. The second-order valence-electron chi connectivity index (χ2n) is 8.55. The van der Waals surface area contributed by atoms with Gasteiger partial charge in [0.1, 0.15) is 5.75 Å². The van der Waals surface area contributed by atoms with Crippen LogP contribution in [0.3, 0.4) is 0 Å². The minimum atomic E-state index is -0.0645. The molecule has 1 aromatic carbocycles. The lowest BCUT2D eigenvalue weighted by atomic mass is 9.92. The molecule has 2 heterocycles. The van der Waals surface area contributed by atoms with Crippen LogP contribution in [0.25, 0.3) is 0 Å². The fraction of sp³-hybridized carbons (Fsp3) is 0.542. The van der Waals surface area contributed by atoms with Crippen LogP contribution in [-0.2, 0) is 0 Å². The van der Waals surface area contributed by atoms with Gasteiger partial charge in [-0.15, -0.1) is 0 Å². The number of amides is 1. The first-order valence-electron chi connectivity index (χ1n) is 11.4. The maximum absolute atomic E-state index is 12.4. The number of ether oxygens (including phenoxy) is 1. The van der Waals surface area contributed by atoms with Gasteiger partial charge < -0.3 is 20.7 Å². The second kappa shape index (κ2) is 12.0. The SMILES string of the molecule is Cc1cc(OCCCC2CCN(c3ncc(Cl)cn3)CC2)ccc1C(=O)NC(C)CCN. The largest absolute Gasteiger partial charge is 0.494 e. The average molecular weight is 460 g/mol. The van der Waals surface area contributed by atoms with Crippen molar-refractivity contribution in [3.8, 4) is 5.75 Å². The molecule has 32 heavy (non-hydrogen) atoms. The summed E-state index contributed by atoms with van der Waals surface area (Å²) in [7, 11) is 0. The van der Waals surface area contributed by atoms with Gasteiger partial charge in [0.2, 0.25) is 5.95 Å². The summed E-state index contributed by atoms with van der Waals surface area (Å²) >= 11 is 5.87. The highest BCUT2D eigenvalue weighted by atomic mass is 35.5. The molecule has 3 N–H and O–H groups in total. The van der Waals surface area contributed by atoms with Gasteiger partial charge in [-0.2, -0.15) is 0 Å². The number of halogens is 1. The topological polar surface area (TPSA) is 93.4 Å². The normalized spacial score (nSPS) is 15.4. The van der Waals surface area contributed by atoms with Crippen LogP contribution < -0.4 is 20.7 Å². The number of nitrogens with one attached hydrogen (secondary N) is 1. The van der Waals surface area contributed by atoms with E-state index >= 15 is 0 Å². The van der Waals surface area contributed by atoms with Crippen molar-refractivity contribution < 1.29 is 9.53 Å². The van der Waals surface area contributed by atoms with E-state index in [0.717, 1.165) is 62.5 Å². The molecule has 0 saturated carbocycles. The number of carbonyl (C=O) groups is 1. The molecule has 3 rings (SSSR count). The Labute approximate surface area is 195 Å². The molecule has 0 aliphatic carbocycles. The van der Waals surface area contributed by atoms with E-state index < -0.39 is 0 Å². The molecule has 0 spiro atoms. The van der Waals surface area contributed by atoms with E-state index in [2.05, 4.69) is 20.2 Å². The number of carbonyl (C=O) groups excluding carboxylic acids is 1. The Morgan fingerprint density at radius 2 is 2.03 bits per heavy atom. The van der Waals surface area contributed by atoms with Crippen LogP contribution in [0.4, 0.5) is 5.95 Å². The molecule has 1 aliphatic rings. The fourth-order valence-corrected chi connectivity index (χ4v) is 4.15. The van der Waals surface area contributed by atoms with Gasteiger partial charge in [0.15, 0.2) is 0 Å². The van der Waals surface area contributed by atoms with E-state index in [-0.39, 0.29) is 11.9 Å². The predicted molar refractivity (Wildman–Crippen MR) is 128 cm³/mol. The first-order valence-corrected chi connectivity index (χ1v) is 11.8. The van der Waals surface area contributed by atoms with Crippen molar-refractivity contribution in [1.82, 2.24) is 15.3 Å². The molecule has 1 unspecified atom stereocenters. The van der Waals surface area contributed by atoms with Crippen LogP contribution >= 0.6 is 11.6 Å². The van der Waals surface area contributed by atoms with E-state index in [9.17, 15) is 4.79 Å². The Morgan fingerprint density at radius 1 is 1.31 bits per heavy atom. The van der Waals surface area contributed by atoms with Crippen molar-refractivity contribution in [2.24, 2.45) is 11.7 Å². The minimum absolute atomic E-state index is 0.0633. The number of nitrogens with zero attached hydrogens (tertiary/aromatic N) is 3. The Kier molecular flexibility index (Phi) is 9.11. The molecule has 1 aliphatic heterocycles. The standard InChI is InChI=1S/C24H34ClN5O2/c1-17-14-21(5-6-22(17)23(31)29-18(2)7-10-26)32-13-3-4-19-8-11-30(12-9-19)24-27-15-20(25)16-28-24/h5-6,14-16,18-19H,3-4,7-13,26H2,1-2H3,(H,29,31). The average Bonchev–Trinajstić information content (AvgIpc) is 2.78. The third-order valence-corrected chi connectivity index (χ3v) is 6.14. The van der Waals surface area contributed by atoms with Gasteiger partial charge in [0, 0.05) is 24.7 Å². The first kappa shape index (κ1) is 24.3. The van der Waals surface area contributed by atoms with Crippen molar-refractivity contribution in [3.05, 3.63) is 46.7 Å². The molecule has 0 radical (unpaired) electrons. The lowest BCUT2D eigenvalue weighted by Crippen LogP contribution is -2.34. The zero-order valence-electron chi connectivity index (χ0n) is 19.0. The Balaban J connectivity index is 1.37. The molecule has 1 atom stereocenters. The van der Waals surface area contributed by atoms with Crippen LogP contribution in [0, 0.1) is 12.8 Å². The lowest BCUT2D eigenvalue weighted by Gasteiger charge is -2.31. The molecular weight excluding hydrogens is 426 g/mol. The number of hydrogen-bond donors (Lipinski definition) is 2. The molecule has 174 valence electrons. The molecule has 1 saturated heterocycles. The summed E-state index contributed by atoms with van der Waals surface area (Å²) in [5, 5.41) is 3.55. The molecular formula is C24H34ClN5O2. The monoisotopic (exact) mass is 459 g/mol. The number of anilines is 1. The minimum Gasteiger partial charge on any atom is -0.494 e. The van der Waals surface area contributed by atoms with Crippen molar-refractivity contribution in [2.75, 3.05) is 31.1 Å². The highest BCUT2D eigenvalue weighted by molar-refractivity contribution is 6.30. The third-order valence-electron chi connectivity index (χ3n) is 5.95. The van der Waals surface area contributed by atoms with Crippen LogP contribution in [0.2, 0.25) is 5.02 Å². The zero-order chi connectivity index (χ0) is 22.9. The number of piperidine rings is 1. The van der Waals surface area contributed by atoms with Crippen molar-refractivity contribution in [3.63, 3.8) is 0 Å². The number of hydrogen-bond acceptors (Lipinski definition) is 6. The number of nitrogens with two attached hydrogens (primary N) is 1. The van der Waals surface area contributed by atoms with Crippen molar-refractivity contribution >= 4 is 23.5 Å². The van der Waals surface area contributed by atoms with E-state index in [0.29, 0.717) is 29.7 Å². The van der Waals surface area contributed by atoms with E-state index in [1.165, 1.54) is 0 Å². The quantitative estimate of drug-likeness (QED) is 0.522. The van der Waals surface area contributed by atoms with E-state index in [1.807, 2.05) is 32.0 Å². The molecule has 1 amide bonds. The Bertz CT molecular complexity index is 869. The maximum Gasteiger partial charge on any atom is 0.251 e. The van der Waals surface area contributed by atoms with Crippen LogP contribution in [0.1, 0.15) is 54.9 Å². The Morgan fingerprint density at radius 3 is 2.69 bits per heavy atom. The molecule has 2 aromatic rings. The molecule has 7 nitrogen and oxygen atoms in total. The third kappa shape index (κ3) is 7.07. The number of aromatic nitrogens is 2. The van der Waals surface area contributed by atoms with Crippen molar-refractivity contribution in [2.45, 2.75) is 52.0 Å². The second-order valence-corrected chi connectivity index (χ2v) is 8.99. The van der Waals surface area contributed by atoms with E-state index in [1.54, 1.807) is 12.4 Å². The first-order chi connectivity index (χ1) is 15.5. The zero-order valence-corrected chi connectivity index (χ0v) is 19.8. The van der Waals surface area contributed by atoms with Gasteiger partial charge in [0.05, 0.1) is 24.0 Å². The maximum atomic E-state index is 12.4. The summed E-state index contributed by atoms with van der Waals surface area (Å²) in [5.74, 6) is 2.21. The van der Waals surface area contributed by atoms with Crippen molar-refractivity contribution in [1.29, 1.82) is 0 Å². The predicted octanol–water partition coefficient (Wildman–Crippen LogP) is 3.98. The van der Waals surface area contributed by atoms with Gasteiger partial charge >= 0.3 is 0 Å². The van der Waals surface area contributed by atoms with Gasteiger partial charge in [-0.05, 0) is 82.2 Å². The molecule has 1 aromatic heterocycles. The van der Waals surface area contributed by atoms with Crippen LogP contribution in [0.5, 0.6) is 5.75 Å². The fourth-order valence-electron chi connectivity index (χ4n) is 4.06. The lowest BCUT2D eigenvalue weighted by molar-refractivity contribution is 0.0938. The summed E-state index contributed by atoms with van der Waals surface area (Å²) in [6.07, 6.45) is 8.50. The summed E-state index contributed by atoms with van der Waals surface area (Å²) in [5.41, 5.74) is 7.15. The molecule has 8 heteroatoms. The smallest absolute Gasteiger partial charge is 0.251 e. The van der Waals surface area contributed by atoms with Crippen LogP contribution in [0.15, 0.2) is 30.6 Å². The summed E-state index contributed by atoms with van der Waals surface area (Å²) in [6.45, 7) is 7.09. The van der Waals surface area contributed by atoms with Gasteiger partial charge in [0.25, 0.3) is 5.91 Å². The van der Waals surface area contributed by atoms with Gasteiger partial charge in [-0.1, -0.05) is 11.6 Å². The number of benzene rings is 1. The highest BCUT2D eigenvalue weighted by Gasteiger charge is 2.20.